The third-order valence-corrected chi connectivity index (χ3v) is 3.13. The van der Waals surface area contributed by atoms with Gasteiger partial charge in [0.05, 0.1) is 64.8 Å². The molecule has 0 fully saturated rings. The van der Waals surface area contributed by atoms with Crippen LogP contribution in [0, 0.1) is 0 Å². The van der Waals surface area contributed by atoms with E-state index < -0.39 is 0 Å². The molecule has 0 aromatic heterocycles. The smallest absolute Gasteiger partial charge is 0.302 e. The number of carbonyl (C=O) groups excluding carboxylic acids is 9. The van der Waals surface area contributed by atoms with E-state index in [1.54, 1.807) is 62.3 Å². The van der Waals surface area contributed by atoms with Crippen LogP contribution < -0.4 is 0 Å². The number of ether oxygens (including phenoxy) is 9. The highest BCUT2D eigenvalue weighted by molar-refractivity contribution is 6.40. The van der Waals surface area contributed by atoms with E-state index in [4.69, 9.17) is 23.2 Å². The maximum Gasteiger partial charge on any atom is 0.302 e. The molecule has 0 radical (unpaired) electrons. The van der Waals surface area contributed by atoms with E-state index in [9.17, 15) is 43.2 Å². The van der Waals surface area contributed by atoms with E-state index in [0.29, 0.717) is 59.5 Å². The van der Waals surface area contributed by atoms with Crippen LogP contribution in [-0.4, -0.2) is 119 Å². The van der Waals surface area contributed by atoms with Gasteiger partial charge in [0.25, 0.3) is 0 Å². The lowest BCUT2D eigenvalue weighted by molar-refractivity contribution is -0.141. The maximum atomic E-state index is 9.82. The third kappa shape index (κ3) is 247. The molecule has 0 aromatic carbocycles. The van der Waals surface area contributed by atoms with E-state index in [0.717, 1.165) is 0 Å². The zero-order valence-corrected chi connectivity index (χ0v) is 39.2. The van der Waals surface area contributed by atoms with Crippen molar-refractivity contribution in [1.82, 2.24) is 0 Å². The first kappa shape index (κ1) is 77.3. The minimum Gasteiger partial charge on any atom is -0.466 e. The van der Waals surface area contributed by atoms with Gasteiger partial charge in [-0.2, -0.15) is 0 Å². The Morgan fingerprint density at radius 3 is 0.298 bits per heavy atom. The van der Waals surface area contributed by atoms with Gasteiger partial charge in [-0.3, -0.25) is 43.2 Å². The molecule has 0 aliphatic heterocycles. The molecule has 0 unspecified atom stereocenters. The number of hydrogen-bond acceptors (Lipinski definition) is 18. The molecule has 0 rings (SSSR count). The molecule has 0 saturated heterocycles. The second kappa shape index (κ2) is 76.5. The molecule has 0 spiro atoms. The van der Waals surface area contributed by atoms with Gasteiger partial charge in [-0.15, -0.1) is 23.2 Å². The summed E-state index contributed by atoms with van der Waals surface area (Å²) in [5.41, 5.74) is 0. The number of carbonyl (C=O) groups is 9. The zero-order valence-electron chi connectivity index (χ0n) is 37.7. The summed E-state index contributed by atoms with van der Waals surface area (Å²) < 4.78 is 39.6. The quantitative estimate of drug-likeness (QED) is 0.136. The molecule has 344 valence electrons. The molecule has 0 atom stereocenters. The second-order valence-electron chi connectivity index (χ2n) is 8.42. The van der Waals surface area contributed by atoms with Crippen molar-refractivity contribution >= 4 is 76.9 Å². The van der Waals surface area contributed by atoms with Crippen molar-refractivity contribution in [3.8, 4) is 0 Å². The molecular formula is C37H74Cl2O18. The van der Waals surface area contributed by atoms with Gasteiger partial charge in [0.2, 0.25) is 0 Å². The SMILES string of the molecule is CCOC(C)=O.CCOC(C)=O.CCOC(C)=O.CCOC(C)=O.CCOC(C)=O.CCOC(C)=O.CCOC(C)=O.CCOC(C)=O.CCOC(C)=O.ClCCl. The number of halogens is 2. The van der Waals surface area contributed by atoms with E-state index in [-0.39, 0.29) is 59.1 Å². The van der Waals surface area contributed by atoms with Crippen LogP contribution in [0.25, 0.3) is 0 Å². The summed E-state index contributed by atoms with van der Waals surface area (Å²) in [7, 11) is 0. The average Bonchev–Trinajstić information content (AvgIpc) is 3.03. The summed E-state index contributed by atoms with van der Waals surface area (Å²) in [6.07, 6.45) is 0. The van der Waals surface area contributed by atoms with Crippen molar-refractivity contribution < 1.29 is 85.8 Å². The first-order chi connectivity index (χ1) is 26.3. The van der Waals surface area contributed by atoms with Crippen molar-refractivity contribution in [2.24, 2.45) is 0 Å². The summed E-state index contributed by atoms with van der Waals surface area (Å²) in [4.78, 5) is 88.4. The maximum absolute atomic E-state index is 9.82. The minimum atomic E-state index is -0.211. The Morgan fingerprint density at radius 1 is 0.246 bits per heavy atom. The Kier molecular flexibility index (Phi) is 104. The average molecular weight is 878 g/mol. The topological polar surface area (TPSA) is 237 Å². The fourth-order valence-electron chi connectivity index (χ4n) is 1.83. The molecule has 0 amide bonds. The molecule has 0 aliphatic rings. The van der Waals surface area contributed by atoms with Crippen LogP contribution in [0.2, 0.25) is 0 Å². The Morgan fingerprint density at radius 2 is 0.298 bits per heavy atom. The van der Waals surface area contributed by atoms with E-state index in [2.05, 4.69) is 42.6 Å². The van der Waals surface area contributed by atoms with E-state index >= 15 is 0 Å². The van der Waals surface area contributed by atoms with Crippen LogP contribution in [0.1, 0.15) is 125 Å². The Balaban J connectivity index is -0.0000000540. The van der Waals surface area contributed by atoms with Crippen LogP contribution >= 0.6 is 23.2 Å². The lowest BCUT2D eigenvalue weighted by Gasteiger charge is -1.89. The number of hydrogen-bond donors (Lipinski definition) is 0. The van der Waals surface area contributed by atoms with Crippen molar-refractivity contribution in [3.63, 3.8) is 0 Å². The second-order valence-corrected chi connectivity index (χ2v) is 9.23. The Labute approximate surface area is 351 Å². The zero-order chi connectivity index (χ0) is 47.6. The fourth-order valence-corrected chi connectivity index (χ4v) is 1.83. The Hall–Kier alpha value is -4.19. The largest absolute Gasteiger partial charge is 0.466 e. The summed E-state index contributed by atoms with van der Waals surface area (Å²) in [6.45, 7) is 32.9. The molecule has 57 heavy (non-hydrogen) atoms. The van der Waals surface area contributed by atoms with Gasteiger partial charge in [0.15, 0.2) is 0 Å². The molecule has 0 heterocycles. The summed E-state index contributed by atoms with van der Waals surface area (Å²) in [5.74, 6) is -1.90. The Bertz CT molecular complexity index is 702. The summed E-state index contributed by atoms with van der Waals surface area (Å²) in [6, 6.07) is 0. The number of alkyl halides is 2. The molecule has 20 heteroatoms. The first-order valence-electron chi connectivity index (χ1n) is 17.7. The van der Waals surface area contributed by atoms with Crippen LogP contribution in [0.5, 0.6) is 0 Å². The van der Waals surface area contributed by atoms with Crippen LogP contribution in [0.3, 0.4) is 0 Å². The van der Waals surface area contributed by atoms with Gasteiger partial charge < -0.3 is 42.6 Å². The summed E-state index contributed by atoms with van der Waals surface area (Å²) >= 11 is 9.53. The van der Waals surface area contributed by atoms with Gasteiger partial charge in [0.1, 0.15) is 0 Å². The highest BCUT2D eigenvalue weighted by Gasteiger charge is 1.85. The van der Waals surface area contributed by atoms with E-state index in [1.807, 2.05) is 0 Å². The predicted octanol–water partition coefficient (Wildman–Crippen LogP) is 6.55. The molecule has 0 aliphatic carbocycles. The van der Waals surface area contributed by atoms with Crippen molar-refractivity contribution in [2.75, 3.05) is 64.8 Å². The molecule has 0 aromatic rings. The number of esters is 9. The lowest BCUT2D eigenvalue weighted by Crippen LogP contribution is -1.95. The monoisotopic (exact) mass is 876 g/mol. The highest BCUT2D eigenvalue weighted by atomic mass is 35.5. The summed E-state index contributed by atoms with van der Waals surface area (Å²) in [5, 5.41) is 0.194. The molecular weight excluding hydrogens is 803 g/mol. The van der Waals surface area contributed by atoms with Crippen molar-refractivity contribution in [3.05, 3.63) is 0 Å². The molecule has 0 N–H and O–H groups in total. The standard InChI is InChI=1S/9C4H8O2.CH2Cl2/c9*1-3-6-4(2)5;2-1-3/h9*3H2,1-2H3;1H2. The van der Waals surface area contributed by atoms with Gasteiger partial charge >= 0.3 is 53.7 Å². The first-order valence-corrected chi connectivity index (χ1v) is 18.7. The van der Waals surface area contributed by atoms with Crippen molar-refractivity contribution in [1.29, 1.82) is 0 Å². The van der Waals surface area contributed by atoms with Gasteiger partial charge in [-0.05, 0) is 62.3 Å². The van der Waals surface area contributed by atoms with Crippen LogP contribution in [0.15, 0.2) is 0 Å². The molecule has 0 bridgehead atoms. The third-order valence-electron chi connectivity index (χ3n) is 3.13. The highest BCUT2D eigenvalue weighted by Crippen LogP contribution is 1.74. The van der Waals surface area contributed by atoms with Gasteiger partial charge in [-0.25, -0.2) is 0 Å². The minimum absolute atomic E-state index is 0.194. The van der Waals surface area contributed by atoms with Gasteiger partial charge in [-0.1, -0.05) is 0 Å². The molecule has 0 saturated carbocycles. The molecule has 18 nitrogen and oxygen atoms in total. The number of rotatable bonds is 9. The van der Waals surface area contributed by atoms with E-state index in [1.165, 1.54) is 62.3 Å². The predicted molar refractivity (Wildman–Crippen MR) is 217 cm³/mol. The lowest BCUT2D eigenvalue weighted by atomic mass is 10.8. The normalized spacial score (nSPS) is 7.58. The van der Waals surface area contributed by atoms with Crippen molar-refractivity contribution in [2.45, 2.75) is 125 Å². The van der Waals surface area contributed by atoms with Crippen LogP contribution in [0.4, 0.5) is 0 Å². The fraction of sp³-hybridized carbons (Fsp3) is 0.757. The van der Waals surface area contributed by atoms with Crippen LogP contribution in [-0.2, 0) is 85.8 Å². The van der Waals surface area contributed by atoms with Gasteiger partial charge in [0, 0.05) is 62.3 Å².